The monoisotopic (exact) mass is 388 g/mol. The smallest absolute Gasteiger partial charge is 0.226 e. The van der Waals surface area contributed by atoms with E-state index in [-0.39, 0.29) is 30.9 Å². The van der Waals surface area contributed by atoms with Crippen LogP contribution in [0.15, 0.2) is 42.5 Å². The highest BCUT2D eigenvalue weighted by molar-refractivity contribution is 6.31. The topological polar surface area (TPSA) is 58.6 Å². The van der Waals surface area contributed by atoms with Gasteiger partial charge in [-0.3, -0.25) is 9.59 Å². The molecule has 0 aromatic heterocycles. The maximum absolute atomic E-state index is 12.2. The number of ether oxygens (including phenoxy) is 1. The van der Waals surface area contributed by atoms with Crippen LogP contribution in [0.5, 0.6) is 5.75 Å². The van der Waals surface area contributed by atoms with Crippen LogP contribution in [-0.4, -0.2) is 24.5 Å². The molecule has 0 fully saturated rings. The van der Waals surface area contributed by atoms with Crippen LogP contribution >= 0.6 is 11.6 Å². The van der Waals surface area contributed by atoms with Crippen LogP contribution in [0.25, 0.3) is 0 Å². The number of amides is 2. The van der Waals surface area contributed by atoms with Gasteiger partial charge in [-0.1, -0.05) is 17.7 Å². The zero-order valence-corrected chi connectivity index (χ0v) is 16.8. The van der Waals surface area contributed by atoms with Gasteiger partial charge >= 0.3 is 0 Å². The van der Waals surface area contributed by atoms with E-state index in [9.17, 15) is 9.59 Å². The highest BCUT2D eigenvalue weighted by Gasteiger charge is 2.14. The molecule has 5 nitrogen and oxygen atoms in total. The molecule has 0 aliphatic rings. The minimum atomic E-state index is -0.180. The van der Waals surface area contributed by atoms with Gasteiger partial charge in [-0.15, -0.1) is 0 Å². The number of hydrogen-bond acceptors (Lipinski definition) is 3. The van der Waals surface area contributed by atoms with Gasteiger partial charge in [-0.25, -0.2) is 0 Å². The summed E-state index contributed by atoms with van der Waals surface area (Å²) in [5.74, 6) is 0.436. The molecule has 2 aromatic carbocycles. The summed E-state index contributed by atoms with van der Waals surface area (Å²) >= 11 is 6.08. The molecule has 2 amide bonds. The molecule has 0 heterocycles. The van der Waals surface area contributed by atoms with E-state index in [1.165, 1.54) is 6.92 Å². The number of benzene rings is 2. The Morgan fingerprint density at radius 2 is 1.81 bits per heavy atom. The number of halogens is 1. The molecule has 2 rings (SSSR count). The second kappa shape index (κ2) is 9.42. The van der Waals surface area contributed by atoms with Crippen LogP contribution in [0.2, 0.25) is 5.02 Å². The number of nitrogens with one attached hydrogen (secondary N) is 1. The highest BCUT2D eigenvalue weighted by Crippen LogP contribution is 2.22. The van der Waals surface area contributed by atoms with Crippen LogP contribution in [0.1, 0.15) is 32.8 Å². The molecule has 2 aromatic rings. The quantitative estimate of drug-likeness (QED) is 0.739. The highest BCUT2D eigenvalue weighted by atomic mass is 35.5. The average molecular weight is 389 g/mol. The largest absolute Gasteiger partial charge is 0.491 e. The summed E-state index contributed by atoms with van der Waals surface area (Å²) in [4.78, 5) is 25.8. The predicted octanol–water partition coefficient (Wildman–Crippen LogP) is 4.82. The number of nitrogens with zero attached hydrogens (tertiary/aromatic N) is 1. The summed E-state index contributed by atoms with van der Waals surface area (Å²) in [7, 11) is 0. The van der Waals surface area contributed by atoms with Gasteiger partial charge < -0.3 is 15.0 Å². The first kappa shape index (κ1) is 20.8. The Morgan fingerprint density at radius 1 is 1.15 bits per heavy atom. The van der Waals surface area contributed by atoms with Crippen molar-refractivity contribution in [2.45, 2.75) is 40.2 Å². The van der Waals surface area contributed by atoms with Gasteiger partial charge in [0.2, 0.25) is 11.8 Å². The van der Waals surface area contributed by atoms with Crippen LogP contribution in [-0.2, 0) is 9.59 Å². The van der Waals surface area contributed by atoms with Crippen LogP contribution in [0.4, 0.5) is 11.4 Å². The molecule has 0 atom stereocenters. The molecule has 0 aliphatic heterocycles. The second-order valence-corrected chi connectivity index (χ2v) is 7.00. The van der Waals surface area contributed by atoms with Crippen molar-refractivity contribution in [2.24, 2.45) is 0 Å². The minimum absolute atomic E-state index is 0.0822. The van der Waals surface area contributed by atoms with E-state index < -0.39 is 0 Å². The van der Waals surface area contributed by atoms with Gasteiger partial charge in [0.25, 0.3) is 0 Å². The van der Waals surface area contributed by atoms with E-state index in [0.29, 0.717) is 10.7 Å². The first-order valence-electron chi connectivity index (χ1n) is 8.87. The fraction of sp³-hybridized carbons (Fsp3) is 0.333. The van der Waals surface area contributed by atoms with Crippen molar-refractivity contribution >= 4 is 34.8 Å². The van der Waals surface area contributed by atoms with E-state index in [2.05, 4.69) is 5.32 Å². The summed E-state index contributed by atoms with van der Waals surface area (Å²) in [5.41, 5.74) is 2.31. The van der Waals surface area contributed by atoms with Crippen molar-refractivity contribution < 1.29 is 14.3 Å². The molecule has 0 unspecified atom stereocenters. The molecule has 0 aliphatic carbocycles. The summed E-state index contributed by atoms with van der Waals surface area (Å²) < 4.78 is 5.61. The van der Waals surface area contributed by atoms with Crippen molar-refractivity contribution in [3.63, 3.8) is 0 Å². The van der Waals surface area contributed by atoms with Crippen molar-refractivity contribution in [2.75, 3.05) is 16.8 Å². The third-order valence-electron chi connectivity index (χ3n) is 3.92. The van der Waals surface area contributed by atoms with E-state index in [1.54, 1.807) is 17.0 Å². The molecule has 0 bridgehead atoms. The Morgan fingerprint density at radius 3 is 2.37 bits per heavy atom. The zero-order valence-electron chi connectivity index (χ0n) is 16.1. The molecule has 0 radical (unpaired) electrons. The molecule has 144 valence electrons. The zero-order chi connectivity index (χ0) is 20.0. The minimum Gasteiger partial charge on any atom is -0.491 e. The molecule has 6 heteroatoms. The van der Waals surface area contributed by atoms with Gasteiger partial charge in [0.1, 0.15) is 5.75 Å². The lowest BCUT2D eigenvalue weighted by molar-refractivity contribution is -0.117. The first-order chi connectivity index (χ1) is 12.8. The van der Waals surface area contributed by atoms with Crippen LogP contribution in [0.3, 0.4) is 0 Å². The standard InChI is InChI=1S/C21H25ClN2O3/c1-14(2)27-19-9-7-18(8-10-19)24(16(4)25)12-11-21(26)23-17-6-5-15(3)20(22)13-17/h5-10,13-14H,11-12H2,1-4H3,(H,23,26). The summed E-state index contributed by atoms with van der Waals surface area (Å²) in [6.07, 6.45) is 0.258. The van der Waals surface area contributed by atoms with Gasteiger partial charge in [-0.05, 0) is 62.7 Å². The van der Waals surface area contributed by atoms with Gasteiger partial charge in [0.05, 0.1) is 6.10 Å². The molecule has 0 spiro atoms. The molecule has 0 saturated heterocycles. The summed E-state index contributed by atoms with van der Waals surface area (Å²) in [5, 5.41) is 3.40. The Hall–Kier alpha value is -2.53. The molecular weight excluding hydrogens is 364 g/mol. The number of aryl methyl sites for hydroxylation is 1. The molecule has 1 N–H and O–H groups in total. The van der Waals surface area contributed by atoms with Gasteiger partial charge in [0.15, 0.2) is 0 Å². The predicted molar refractivity (Wildman–Crippen MR) is 110 cm³/mol. The Kier molecular flexibility index (Phi) is 7.25. The number of carbonyl (C=O) groups excluding carboxylic acids is 2. The van der Waals surface area contributed by atoms with Crippen molar-refractivity contribution in [3.8, 4) is 5.75 Å². The van der Waals surface area contributed by atoms with Crippen LogP contribution in [0, 0.1) is 6.92 Å². The SMILES string of the molecule is CC(=O)N(CCC(=O)Nc1ccc(C)c(Cl)c1)c1ccc(OC(C)C)cc1. The Labute approximate surface area is 165 Å². The fourth-order valence-electron chi connectivity index (χ4n) is 2.55. The summed E-state index contributed by atoms with van der Waals surface area (Å²) in [6, 6.07) is 12.6. The average Bonchev–Trinajstić information content (AvgIpc) is 2.59. The molecule has 27 heavy (non-hydrogen) atoms. The van der Waals surface area contributed by atoms with E-state index in [0.717, 1.165) is 17.0 Å². The normalized spacial score (nSPS) is 10.6. The lowest BCUT2D eigenvalue weighted by atomic mass is 10.2. The first-order valence-corrected chi connectivity index (χ1v) is 9.25. The number of carbonyl (C=O) groups is 2. The number of hydrogen-bond donors (Lipinski definition) is 1. The summed E-state index contributed by atoms with van der Waals surface area (Å²) in [6.45, 7) is 7.57. The third-order valence-corrected chi connectivity index (χ3v) is 4.33. The number of rotatable bonds is 7. The van der Waals surface area contributed by atoms with E-state index in [1.807, 2.05) is 51.1 Å². The van der Waals surface area contributed by atoms with E-state index in [4.69, 9.17) is 16.3 Å². The molecule has 0 saturated carbocycles. The van der Waals surface area contributed by atoms with Crippen molar-refractivity contribution in [1.82, 2.24) is 0 Å². The fourth-order valence-corrected chi connectivity index (χ4v) is 2.73. The Bertz CT molecular complexity index is 804. The Balaban J connectivity index is 1.98. The number of anilines is 2. The van der Waals surface area contributed by atoms with Crippen molar-refractivity contribution in [3.05, 3.63) is 53.1 Å². The lowest BCUT2D eigenvalue weighted by Gasteiger charge is -2.21. The van der Waals surface area contributed by atoms with Gasteiger partial charge in [-0.2, -0.15) is 0 Å². The van der Waals surface area contributed by atoms with Crippen molar-refractivity contribution in [1.29, 1.82) is 0 Å². The maximum Gasteiger partial charge on any atom is 0.226 e. The second-order valence-electron chi connectivity index (χ2n) is 6.59. The van der Waals surface area contributed by atoms with E-state index >= 15 is 0 Å². The maximum atomic E-state index is 12.2. The van der Waals surface area contributed by atoms with Gasteiger partial charge in [0, 0.05) is 36.3 Å². The molecular formula is C21H25ClN2O3. The lowest BCUT2D eigenvalue weighted by Crippen LogP contribution is -2.31. The van der Waals surface area contributed by atoms with Crippen LogP contribution < -0.4 is 15.0 Å². The third kappa shape index (κ3) is 6.29.